The van der Waals surface area contributed by atoms with Crippen LogP contribution >= 0.6 is 0 Å². The van der Waals surface area contributed by atoms with Gasteiger partial charge in [-0.15, -0.1) is 0 Å². The van der Waals surface area contributed by atoms with E-state index in [1.54, 1.807) is 7.11 Å². The van der Waals surface area contributed by atoms with E-state index in [1.165, 1.54) is 11.9 Å². The molecule has 2 N–H and O–H groups in total. The number of para-hydroxylation sites is 1. The first kappa shape index (κ1) is 23.1. The van der Waals surface area contributed by atoms with Crippen LogP contribution in [0.2, 0.25) is 0 Å². The highest BCUT2D eigenvalue weighted by Crippen LogP contribution is 2.36. The van der Waals surface area contributed by atoms with Crippen LogP contribution in [0.25, 0.3) is 10.9 Å². The van der Waals surface area contributed by atoms with Gasteiger partial charge < -0.3 is 15.0 Å². The number of fused-ring (bicyclic) bond motifs is 1. The Morgan fingerprint density at radius 1 is 1.03 bits per heavy atom. The molecule has 0 aliphatic carbocycles. The Bertz CT molecular complexity index is 1330. The average Bonchev–Trinajstić information content (AvgIpc) is 3.09. The molecule has 3 aromatic rings. The Kier molecular flexibility index (Phi) is 6.06. The van der Waals surface area contributed by atoms with Gasteiger partial charge in [0.2, 0.25) is 0 Å². The van der Waals surface area contributed by atoms with Crippen molar-refractivity contribution in [2.75, 3.05) is 27.2 Å². The van der Waals surface area contributed by atoms with Gasteiger partial charge in [0.15, 0.2) is 0 Å². The first-order valence-electron chi connectivity index (χ1n) is 12.0. The molecule has 8 heteroatoms. The van der Waals surface area contributed by atoms with Crippen molar-refractivity contribution >= 4 is 22.8 Å². The van der Waals surface area contributed by atoms with Gasteiger partial charge in [0.05, 0.1) is 7.11 Å². The molecule has 0 bridgehead atoms. The topological polar surface area (TPSA) is 94.7 Å². The lowest BCUT2D eigenvalue weighted by molar-refractivity contribution is -0.133. The highest BCUT2D eigenvalue weighted by Gasteiger charge is 2.54. The van der Waals surface area contributed by atoms with E-state index in [2.05, 4.69) is 15.2 Å². The van der Waals surface area contributed by atoms with Crippen LogP contribution in [-0.4, -0.2) is 59.5 Å². The maximum atomic E-state index is 13.4. The molecule has 2 saturated heterocycles. The minimum Gasteiger partial charge on any atom is -0.497 e. The monoisotopic (exact) mass is 474 g/mol. The zero-order valence-corrected chi connectivity index (χ0v) is 20.0. The fraction of sp³-hybridized carbons (Fsp3) is 0.370. The number of imide groups is 1. The van der Waals surface area contributed by atoms with E-state index in [-0.39, 0.29) is 23.4 Å². The molecular weight excluding hydrogens is 444 g/mol. The van der Waals surface area contributed by atoms with E-state index in [4.69, 9.17) is 4.74 Å². The molecular formula is C27H30N4O4. The Morgan fingerprint density at radius 2 is 1.80 bits per heavy atom. The highest BCUT2D eigenvalue weighted by atomic mass is 16.5. The molecule has 35 heavy (non-hydrogen) atoms. The van der Waals surface area contributed by atoms with Crippen molar-refractivity contribution in [1.29, 1.82) is 0 Å². The molecule has 1 atom stereocenters. The van der Waals surface area contributed by atoms with Gasteiger partial charge in [-0.1, -0.05) is 30.3 Å². The summed E-state index contributed by atoms with van der Waals surface area (Å²) >= 11 is 0. The smallest absolute Gasteiger partial charge is 0.324 e. The van der Waals surface area contributed by atoms with E-state index in [0.29, 0.717) is 13.0 Å². The summed E-state index contributed by atoms with van der Waals surface area (Å²) in [5, 5.41) is 4.05. The predicted octanol–water partition coefficient (Wildman–Crippen LogP) is 2.91. The minimum atomic E-state index is -0.981. The van der Waals surface area contributed by atoms with Crippen molar-refractivity contribution in [3.63, 3.8) is 0 Å². The maximum absolute atomic E-state index is 13.4. The Balaban J connectivity index is 1.34. The molecule has 0 unspecified atom stereocenters. The summed E-state index contributed by atoms with van der Waals surface area (Å²) in [7, 11) is 3.15. The van der Waals surface area contributed by atoms with Crippen LogP contribution in [0.1, 0.15) is 24.0 Å². The quantitative estimate of drug-likeness (QED) is 0.536. The summed E-state index contributed by atoms with van der Waals surface area (Å²) in [5.74, 6) is 0.522. The number of nitrogens with one attached hydrogen (secondary N) is 2. The second kappa shape index (κ2) is 9.19. The highest BCUT2D eigenvalue weighted by molar-refractivity contribution is 6.07. The molecule has 1 aromatic heterocycles. The van der Waals surface area contributed by atoms with Gasteiger partial charge in [-0.3, -0.25) is 19.4 Å². The number of carbonyl (C=O) groups is 2. The number of benzene rings is 2. The number of urea groups is 1. The molecule has 0 spiro atoms. The lowest BCUT2D eigenvalue weighted by Gasteiger charge is -2.41. The van der Waals surface area contributed by atoms with E-state index in [0.717, 1.165) is 53.7 Å². The van der Waals surface area contributed by atoms with Crippen LogP contribution in [0.5, 0.6) is 5.75 Å². The van der Waals surface area contributed by atoms with Crippen molar-refractivity contribution in [2.45, 2.75) is 31.3 Å². The van der Waals surface area contributed by atoms with Crippen LogP contribution in [-0.2, 0) is 17.8 Å². The molecule has 8 nitrogen and oxygen atoms in total. The largest absolute Gasteiger partial charge is 0.497 e. The van der Waals surface area contributed by atoms with E-state index < -0.39 is 5.54 Å². The third-order valence-corrected chi connectivity index (χ3v) is 7.45. The lowest BCUT2D eigenvalue weighted by atomic mass is 9.74. The maximum Gasteiger partial charge on any atom is 0.324 e. The summed E-state index contributed by atoms with van der Waals surface area (Å²) in [5.41, 5.74) is 1.46. The Labute approximate surface area is 203 Å². The lowest BCUT2D eigenvalue weighted by Crippen LogP contribution is -2.57. The molecule has 3 heterocycles. The minimum absolute atomic E-state index is 0.0127. The average molecular weight is 475 g/mol. The molecule has 182 valence electrons. The molecule has 2 fully saturated rings. The molecule has 0 radical (unpaired) electrons. The number of ether oxygens (including phenoxy) is 1. The summed E-state index contributed by atoms with van der Waals surface area (Å²) in [4.78, 5) is 44.9. The Hall–Kier alpha value is -3.65. The third-order valence-electron chi connectivity index (χ3n) is 7.45. The standard InChI is InChI=1S/C27H30N4O4/c1-30-25(33)27(29-26(30)34,16-18-6-5-8-22(14-18)35-2)21-10-12-31(13-11-21)17-20-15-19-7-3-4-9-23(19)28-24(20)32/h3-9,14-15,21H,10-13,16-17H2,1-2H3,(H,28,32)(H,29,34)/t27-/m1/s1. The van der Waals surface area contributed by atoms with Gasteiger partial charge in [-0.2, -0.15) is 0 Å². The number of hydrogen-bond donors (Lipinski definition) is 2. The summed E-state index contributed by atoms with van der Waals surface area (Å²) in [6.07, 6.45) is 1.90. The Morgan fingerprint density at radius 3 is 2.51 bits per heavy atom. The molecule has 2 aromatic carbocycles. The number of nitrogens with zero attached hydrogens (tertiary/aromatic N) is 2. The molecule has 5 rings (SSSR count). The van der Waals surface area contributed by atoms with Gasteiger partial charge in [-0.05, 0) is 67.1 Å². The first-order valence-corrected chi connectivity index (χ1v) is 12.0. The number of carbonyl (C=O) groups excluding carboxylic acids is 2. The van der Waals surface area contributed by atoms with Crippen molar-refractivity contribution < 1.29 is 14.3 Å². The molecule has 0 saturated carbocycles. The number of likely N-dealkylation sites (tertiary alicyclic amines) is 1. The third kappa shape index (κ3) is 4.30. The number of methoxy groups -OCH3 is 1. The number of H-pyrrole nitrogens is 1. The number of rotatable bonds is 6. The van der Waals surface area contributed by atoms with Gasteiger partial charge in [0.1, 0.15) is 11.3 Å². The number of piperidine rings is 1. The van der Waals surface area contributed by atoms with Crippen molar-refractivity contribution in [3.05, 3.63) is 76.1 Å². The van der Waals surface area contributed by atoms with E-state index >= 15 is 0 Å². The fourth-order valence-electron chi connectivity index (χ4n) is 5.50. The van der Waals surface area contributed by atoms with Crippen LogP contribution in [0.3, 0.4) is 0 Å². The number of aromatic amines is 1. The molecule has 2 aliphatic heterocycles. The van der Waals surface area contributed by atoms with Crippen LogP contribution in [0.4, 0.5) is 4.79 Å². The SMILES string of the molecule is COc1cccc(C[C@]2(C3CCN(Cc4cc5ccccc5[nH]c4=O)CC3)NC(=O)N(C)C2=O)c1. The van der Waals surface area contributed by atoms with Gasteiger partial charge in [0, 0.05) is 31.1 Å². The number of hydrogen-bond acceptors (Lipinski definition) is 5. The summed E-state index contributed by atoms with van der Waals surface area (Å²) in [6, 6.07) is 17.0. The number of pyridine rings is 1. The summed E-state index contributed by atoms with van der Waals surface area (Å²) in [6.45, 7) is 2.03. The van der Waals surface area contributed by atoms with E-state index in [1.807, 2.05) is 54.6 Å². The van der Waals surface area contributed by atoms with E-state index in [9.17, 15) is 14.4 Å². The van der Waals surface area contributed by atoms with Crippen molar-refractivity contribution in [2.24, 2.45) is 5.92 Å². The summed E-state index contributed by atoms with van der Waals surface area (Å²) < 4.78 is 5.36. The van der Waals surface area contributed by atoms with Gasteiger partial charge in [-0.25, -0.2) is 4.79 Å². The molecule has 2 aliphatic rings. The fourth-order valence-corrected chi connectivity index (χ4v) is 5.50. The van der Waals surface area contributed by atoms with Gasteiger partial charge >= 0.3 is 6.03 Å². The van der Waals surface area contributed by atoms with Crippen molar-refractivity contribution in [1.82, 2.24) is 20.1 Å². The predicted molar refractivity (Wildman–Crippen MR) is 133 cm³/mol. The van der Waals surface area contributed by atoms with Crippen LogP contribution in [0.15, 0.2) is 59.4 Å². The number of aromatic nitrogens is 1. The van der Waals surface area contributed by atoms with Crippen molar-refractivity contribution in [3.8, 4) is 5.75 Å². The zero-order valence-electron chi connectivity index (χ0n) is 20.0. The number of likely N-dealkylation sites (N-methyl/N-ethyl adjacent to an activating group) is 1. The van der Waals surface area contributed by atoms with Gasteiger partial charge in [0.25, 0.3) is 11.5 Å². The molecule has 3 amide bonds. The second-order valence-electron chi connectivity index (χ2n) is 9.56. The first-order chi connectivity index (χ1) is 16.9. The van der Waals surface area contributed by atoms with Crippen LogP contribution < -0.4 is 15.6 Å². The zero-order chi connectivity index (χ0) is 24.6. The second-order valence-corrected chi connectivity index (χ2v) is 9.56. The van der Waals surface area contributed by atoms with Crippen LogP contribution in [0, 0.1) is 5.92 Å². The number of amides is 3. The normalized spacial score (nSPS) is 21.5.